The molecule has 0 aromatic heterocycles. The van der Waals surface area contributed by atoms with Crippen molar-refractivity contribution in [2.75, 3.05) is 5.32 Å². The Balaban J connectivity index is 1.88. The van der Waals surface area contributed by atoms with Crippen molar-refractivity contribution in [1.29, 1.82) is 5.26 Å². The van der Waals surface area contributed by atoms with Crippen molar-refractivity contribution in [3.05, 3.63) is 94.5 Å². The van der Waals surface area contributed by atoms with Gasteiger partial charge in [-0.3, -0.25) is 4.79 Å². The molecule has 0 bridgehead atoms. The Morgan fingerprint density at radius 3 is 2.32 bits per heavy atom. The second-order valence-corrected chi connectivity index (χ2v) is 8.50. The van der Waals surface area contributed by atoms with Gasteiger partial charge in [-0.15, -0.1) is 0 Å². The number of rotatable bonds is 6. The molecule has 3 aromatic carbocycles. The van der Waals surface area contributed by atoms with E-state index < -0.39 is 16.0 Å². The second kappa shape index (κ2) is 9.47. The lowest BCUT2D eigenvalue weighted by Gasteiger charge is -2.10. The lowest BCUT2D eigenvalue weighted by atomic mass is 10.1. The average molecular weight is 453 g/mol. The predicted molar refractivity (Wildman–Crippen MR) is 119 cm³/mol. The van der Waals surface area contributed by atoms with E-state index in [1.165, 1.54) is 24.3 Å². The number of nitriles is 1. The fraction of sp³-hybridized carbons (Fsp3) is 0.0435. The first-order chi connectivity index (χ1) is 14.8. The molecule has 0 aliphatic rings. The predicted octanol–water partition coefficient (Wildman–Crippen LogP) is 4.96. The molecule has 6 nitrogen and oxygen atoms in total. The van der Waals surface area contributed by atoms with Crippen molar-refractivity contribution >= 4 is 39.4 Å². The molecular formula is C23H17ClN2O4S. The summed E-state index contributed by atoms with van der Waals surface area (Å²) in [5.74, 6) is -0.656. The highest BCUT2D eigenvalue weighted by molar-refractivity contribution is 7.87. The van der Waals surface area contributed by atoms with Gasteiger partial charge in [-0.2, -0.15) is 13.7 Å². The number of para-hydroxylation sites is 1. The van der Waals surface area contributed by atoms with Crippen LogP contribution in [0.5, 0.6) is 5.75 Å². The van der Waals surface area contributed by atoms with E-state index in [0.29, 0.717) is 10.7 Å². The Hall–Kier alpha value is -3.60. The number of hydrogen-bond acceptors (Lipinski definition) is 5. The number of nitrogens with one attached hydrogen (secondary N) is 1. The van der Waals surface area contributed by atoms with Crippen LogP contribution in [0.2, 0.25) is 5.02 Å². The molecule has 0 fully saturated rings. The maximum atomic E-state index is 12.6. The smallest absolute Gasteiger partial charge is 0.339 e. The third kappa shape index (κ3) is 5.72. The lowest BCUT2D eigenvalue weighted by molar-refractivity contribution is -0.112. The maximum Gasteiger partial charge on any atom is 0.339 e. The molecule has 3 aromatic rings. The van der Waals surface area contributed by atoms with Crippen LogP contribution >= 0.6 is 11.6 Å². The third-order valence-electron chi connectivity index (χ3n) is 4.20. The number of nitrogens with zero attached hydrogens (tertiary/aromatic N) is 1. The summed E-state index contributed by atoms with van der Waals surface area (Å²) < 4.78 is 30.5. The van der Waals surface area contributed by atoms with Crippen molar-refractivity contribution in [3.63, 3.8) is 0 Å². The first kappa shape index (κ1) is 22.1. The Bertz CT molecular complexity index is 1280. The van der Waals surface area contributed by atoms with Crippen LogP contribution in [0, 0.1) is 18.3 Å². The molecule has 0 aliphatic heterocycles. The highest BCUT2D eigenvalue weighted by Crippen LogP contribution is 2.25. The maximum absolute atomic E-state index is 12.6. The number of amides is 1. The summed E-state index contributed by atoms with van der Waals surface area (Å²) in [7, 11) is -4.09. The number of carbonyl (C=O) groups excluding carboxylic acids is 1. The molecule has 8 heteroatoms. The van der Waals surface area contributed by atoms with Crippen LogP contribution in [0.1, 0.15) is 11.1 Å². The summed E-state index contributed by atoms with van der Waals surface area (Å²) in [6, 6.07) is 20.7. The molecule has 156 valence electrons. The Morgan fingerprint density at radius 1 is 1.03 bits per heavy atom. The number of anilines is 1. The van der Waals surface area contributed by atoms with Crippen LogP contribution in [-0.4, -0.2) is 14.3 Å². The van der Waals surface area contributed by atoms with Gasteiger partial charge in [0.05, 0.1) is 0 Å². The second-order valence-electron chi connectivity index (χ2n) is 6.52. The molecule has 0 heterocycles. The summed E-state index contributed by atoms with van der Waals surface area (Å²) in [5, 5.41) is 12.5. The number of carbonyl (C=O) groups is 1. The van der Waals surface area contributed by atoms with Crippen LogP contribution in [-0.2, 0) is 14.9 Å². The van der Waals surface area contributed by atoms with Gasteiger partial charge in [-0.1, -0.05) is 47.5 Å². The topological polar surface area (TPSA) is 96.3 Å². The minimum absolute atomic E-state index is 0.00197. The van der Waals surface area contributed by atoms with E-state index >= 15 is 0 Å². The molecule has 0 saturated heterocycles. The lowest BCUT2D eigenvalue weighted by Crippen LogP contribution is -2.14. The average Bonchev–Trinajstić information content (AvgIpc) is 2.74. The van der Waals surface area contributed by atoms with Crippen LogP contribution in [0.15, 0.2) is 83.3 Å². The zero-order valence-electron chi connectivity index (χ0n) is 16.4. The Kier molecular flexibility index (Phi) is 6.75. The molecule has 1 amide bonds. The van der Waals surface area contributed by atoms with Gasteiger partial charge in [-0.25, -0.2) is 0 Å². The fourth-order valence-electron chi connectivity index (χ4n) is 2.58. The summed E-state index contributed by atoms with van der Waals surface area (Å²) >= 11 is 5.83. The molecule has 3 rings (SSSR count). The number of halogens is 1. The fourth-order valence-corrected chi connectivity index (χ4v) is 3.66. The largest absolute Gasteiger partial charge is 0.378 e. The minimum Gasteiger partial charge on any atom is -0.378 e. The van der Waals surface area contributed by atoms with Crippen LogP contribution in [0.4, 0.5) is 5.69 Å². The van der Waals surface area contributed by atoms with Crippen molar-refractivity contribution in [1.82, 2.24) is 0 Å². The Morgan fingerprint density at radius 2 is 1.68 bits per heavy atom. The first-order valence-corrected chi connectivity index (χ1v) is 10.9. The van der Waals surface area contributed by atoms with E-state index in [1.54, 1.807) is 54.6 Å². The standard InChI is InChI=1S/C23H17ClN2O4S/c1-16-6-12-21(13-7-16)31(28,29)30-22-5-3-2-4-17(22)14-18(15-25)23(27)26-20-10-8-19(24)9-11-20/h2-14H,1H3,(H,26,27)/b18-14-. The van der Waals surface area contributed by atoms with Gasteiger partial charge < -0.3 is 9.50 Å². The van der Waals surface area contributed by atoms with E-state index in [1.807, 2.05) is 13.0 Å². The van der Waals surface area contributed by atoms with E-state index in [0.717, 1.165) is 5.56 Å². The van der Waals surface area contributed by atoms with E-state index in [9.17, 15) is 18.5 Å². The highest BCUT2D eigenvalue weighted by atomic mass is 35.5. The molecule has 0 aliphatic carbocycles. The van der Waals surface area contributed by atoms with Gasteiger partial charge in [0.1, 0.15) is 22.3 Å². The van der Waals surface area contributed by atoms with Crippen LogP contribution in [0.3, 0.4) is 0 Å². The molecule has 0 saturated carbocycles. The highest BCUT2D eigenvalue weighted by Gasteiger charge is 2.19. The number of hydrogen-bond donors (Lipinski definition) is 1. The van der Waals surface area contributed by atoms with Crippen LogP contribution in [0.25, 0.3) is 6.08 Å². The van der Waals surface area contributed by atoms with Gasteiger partial charge in [0.25, 0.3) is 5.91 Å². The summed E-state index contributed by atoms with van der Waals surface area (Å²) in [5.41, 5.74) is 1.41. The van der Waals surface area contributed by atoms with Gasteiger partial charge >= 0.3 is 10.1 Å². The number of aryl methyl sites for hydroxylation is 1. The zero-order valence-corrected chi connectivity index (χ0v) is 17.9. The summed E-state index contributed by atoms with van der Waals surface area (Å²) in [6.07, 6.45) is 1.27. The molecule has 0 unspecified atom stereocenters. The third-order valence-corrected chi connectivity index (χ3v) is 5.70. The molecular weight excluding hydrogens is 436 g/mol. The normalized spacial score (nSPS) is 11.5. The van der Waals surface area contributed by atoms with Crippen LogP contribution < -0.4 is 9.50 Å². The van der Waals surface area contributed by atoms with E-state index in [4.69, 9.17) is 15.8 Å². The van der Waals surface area contributed by atoms with Gasteiger partial charge in [0.2, 0.25) is 0 Å². The molecule has 0 spiro atoms. The van der Waals surface area contributed by atoms with Gasteiger partial charge in [-0.05, 0) is 55.5 Å². The van der Waals surface area contributed by atoms with Gasteiger partial charge in [0, 0.05) is 16.3 Å². The first-order valence-electron chi connectivity index (χ1n) is 9.07. The minimum atomic E-state index is -4.09. The van der Waals surface area contributed by atoms with Crippen molar-refractivity contribution < 1.29 is 17.4 Å². The quantitative estimate of drug-likeness (QED) is 0.324. The van der Waals surface area contributed by atoms with Crippen molar-refractivity contribution in [2.24, 2.45) is 0 Å². The SMILES string of the molecule is Cc1ccc(S(=O)(=O)Oc2ccccc2/C=C(/C#N)C(=O)Nc2ccc(Cl)cc2)cc1. The molecule has 1 N–H and O–H groups in total. The number of benzene rings is 3. The van der Waals surface area contributed by atoms with Crippen molar-refractivity contribution in [2.45, 2.75) is 11.8 Å². The van der Waals surface area contributed by atoms with E-state index in [-0.39, 0.29) is 21.8 Å². The molecule has 0 atom stereocenters. The molecule has 0 radical (unpaired) electrons. The monoisotopic (exact) mass is 452 g/mol. The van der Waals surface area contributed by atoms with Gasteiger partial charge in [0.15, 0.2) is 0 Å². The van der Waals surface area contributed by atoms with Crippen molar-refractivity contribution in [3.8, 4) is 11.8 Å². The summed E-state index contributed by atoms with van der Waals surface area (Å²) in [4.78, 5) is 12.5. The van der Waals surface area contributed by atoms with E-state index in [2.05, 4.69) is 5.32 Å². The zero-order chi connectivity index (χ0) is 22.4. The summed E-state index contributed by atoms with van der Waals surface area (Å²) in [6.45, 7) is 1.84. The molecule has 31 heavy (non-hydrogen) atoms. The Labute approximate surface area is 185 Å².